The van der Waals surface area contributed by atoms with Crippen LogP contribution in [0.1, 0.15) is 11.1 Å². The normalized spacial score (nSPS) is 14.5. The molecule has 0 aliphatic carbocycles. The van der Waals surface area contributed by atoms with Crippen molar-refractivity contribution in [3.63, 3.8) is 0 Å². The number of nitrogens with zero attached hydrogens (tertiary/aromatic N) is 4. The molecular weight excluding hydrogens is 456 g/mol. The molecule has 1 saturated heterocycles. The lowest BCUT2D eigenvalue weighted by atomic mass is 10.0. The number of aromatic nitrogens is 3. The Morgan fingerprint density at radius 1 is 0.972 bits per heavy atom. The maximum absolute atomic E-state index is 11.1. The highest BCUT2D eigenvalue weighted by molar-refractivity contribution is 5.83. The standard InChI is InChI=1S/C27H28N6O3/c28-23(25(34)35)16-18-5-9-21(10-6-18)24-30-26(32-27(31-24)33-11-13-36-14-12-33)29-17-19-7-8-20-3-1-2-4-22(20)15-19/h1-10,15,23H,11-14,16-17,28H2,(H,34,35)(H,29,30,31,32)/t23-/m0/s1. The number of carboxylic acids is 1. The highest BCUT2D eigenvalue weighted by atomic mass is 16.5. The van der Waals surface area contributed by atoms with E-state index in [1.807, 2.05) is 36.4 Å². The second-order valence-corrected chi connectivity index (χ2v) is 8.76. The number of benzene rings is 3. The fourth-order valence-electron chi connectivity index (χ4n) is 4.14. The monoisotopic (exact) mass is 484 g/mol. The van der Waals surface area contributed by atoms with Crippen LogP contribution in [-0.2, 0) is 22.5 Å². The minimum absolute atomic E-state index is 0.254. The van der Waals surface area contributed by atoms with Gasteiger partial charge in [-0.05, 0) is 34.4 Å². The van der Waals surface area contributed by atoms with Gasteiger partial charge in [0.25, 0.3) is 0 Å². The minimum atomic E-state index is -1.02. The van der Waals surface area contributed by atoms with E-state index >= 15 is 0 Å². The van der Waals surface area contributed by atoms with Gasteiger partial charge in [0.05, 0.1) is 13.2 Å². The van der Waals surface area contributed by atoms with E-state index in [0.29, 0.717) is 50.6 Å². The highest BCUT2D eigenvalue weighted by Gasteiger charge is 2.18. The van der Waals surface area contributed by atoms with E-state index in [-0.39, 0.29) is 6.42 Å². The highest BCUT2D eigenvalue weighted by Crippen LogP contribution is 2.22. The van der Waals surface area contributed by atoms with Gasteiger partial charge in [0, 0.05) is 25.2 Å². The van der Waals surface area contributed by atoms with E-state index in [2.05, 4.69) is 45.5 Å². The van der Waals surface area contributed by atoms with Crippen LogP contribution in [-0.4, -0.2) is 58.4 Å². The van der Waals surface area contributed by atoms with Crippen LogP contribution in [0.4, 0.5) is 11.9 Å². The third-order valence-corrected chi connectivity index (χ3v) is 6.17. The molecule has 3 aromatic carbocycles. The van der Waals surface area contributed by atoms with Gasteiger partial charge in [-0.1, -0.05) is 60.7 Å². The molecule has 9 heteroatoms. The van der Waals surface area contributed by atoms with Crippen LogP contribution in [0.5, 0.6) is 0 Å². The Morgan fingerprint density at radius 2 is 1.69 bits per heavy atom. The Balaban J connectivity index is 1.40. The maximum Gasteiger partial charge on any atom is 0.320 e. The first-order valence-electron chi connectivity index (χ1n) is 11.9. The number of carbonyl (C=O) groups is 1. The molecule has 5 rings (SSSR count). The number of anilines is 2. The molecule has 1 aliphatic rings. The second kappa shape index (κ2) is 10.7. The summed E-state index contributed by atoms with van der Waals surface area (Å²) in [4.78, 5) is 27.3. The summed E-state index contributed by atoms with van der Waals surface area (Å²) in [7, 11) is 0. The number of fused-ring (bicyclic) bond motifs is 1. The van der Waals surface area contributed by atoms with Crippen LogP contribution >= 0.6 is 0 Å². The maximum atomic E-state index is 11.1. The number of nitrogens with two attached hydrogens (primary N) is 1. The van der Waals surface area contributed by atoms with Gasteiger partial charge >= 0.3 is 5.97 Å². The van der Waals surface area contributed by atoms with Gasteiger partial charge in [-0.25, -0.2) is 0 Å². The lowest BCUT2D eigenvalue weighted by molar-refractivity contribution is -0.138. The molecule has 1 atom stereocenters. The van der Waals surface area contributed by atoms with Crippen molar-refractivity contribution < 1.29 is 14.6 Å². The van der Waals surface area contributed by atoms with Gasteiger partial charge in [0.2, 0.25) is 11.9 Å². The summed E-state index contributed by atoms with van der Waals surface area (Å²) in [6.07, 6.45) is 0.254. The molecule has 9 nitrogen and oxygen atoms in total. The van der Waals surface area contributed by atoms with Crippen molar-refractivity contribution in [2.24, 2.45) is 5.73 Å². The summed E-state index contributed by atoms with van der Waals surface area (Å²) in [5.41, 5.74) is 8.45. The Kier molecular flexibility index (Phi) is 7.01. The summed E-state index contributed by atoms with van der Waals surface area (Å²) >= 11 is 0. The first-order valence-corrected chi connectivity index (χ1v) is 11.9. The Hall–Kier alpha value is -4.08. The third-order valence-electron chi connectivity index (χ3n) is 6.17. The summed E-state index contributed by atoms with van der Waals surface area (Å²) in [6.45, 7) is 3.24. The zero-order valence-electron chi connectivity index (χ0n) is 19.8. The molecular formula is C27H28N6O3. The van der Waals surface area contributed by atoms with Crippen molar-refractivity contribution in [1.82, 2.24) is 15.0 Å². The van der Waals surface area contributed by atoms with Crippen molar-refractivity contribution in [2.45, 2.75) is 19.0 Å². The smallest absolute Gasteiger partial charge is 0.320 e. The van der Waals surface area contributed by atoms with Gasteiger partial charge in [0.15, 0.2) is 5.82 Å². The summed E-state index contributed by atoms with van der Waals surface area (Å²) in [5.74, 6) is 0.614. The van der Waals surface area contributed by atoms with E-state index in [1.54, 1.807) is 0 Å². The van der Waals surface area contributed by atoms with E-state index < -0.39 is 12.0 Å². The molecule has 1 fully saturated rings. The lowest BCUT2D eigenvalue weighted by Gasteiger charge is -2.27. The number of morpholine rings is 1. The number of nitrogens with one attached hydrogen (secondary N) is 1. The van der Waals surface area contributed by atoms with Gasteiger partial charge in [-0.3, -0.25) is 4.79 Å². The third kappa shape index (κ3) is 5.59. The van der Waals surface area contributed by atoms with Crippen LogP contribution in [0, 0.1) is 0 Å². The van der Waals surface area contributed by atoms with Crippen molar-refractivity contribution in [2.75, 3.05) is 36.5 Å². The van der Waals surface area contributed by atoms with E-state index in [1.165, 1.54) is 10.8 Å². The second-order valence-electron chi connectivity index (χ2n) is 8.76. The van der Waals surface area contributed by atoms with Crippen LogP contribution in [0.15, 0.2) is 66.7 Å². The summed E-state index contributed by atoms with van der Waals surface area (Å²) in [5, 5.41) is 14.8. The predicted molar refractivity (Wildman–Crippen MR) is 139 cm³/mol. The lowest BCUT2D eigenvalue weighted by Crippen LogP contribution is -2.37. The van der Waals surface area contributed by atoms with Crippen molar-refractivity contribution in [3.05, 3.63) is 77.9 Å². The molecule has 0 bridgehead atoms. The number of aliphatic carboxylic acids is 1. The molecule has 0 amide bonds. The Morgan fingerprint density at radius 3 is 2.44 bits per heavy atom. The summed E-state index contributed by atoms with van der Waals surface area (Å²) < 4.78 is 5.49. The molecule has 36 heavy (non-hydrogen) atoms. The van der Waals surface area contributed by atoms with Gasteiger partial charge in [-0.2, -0.15) is 15.0 Å². The number of rotatable bonds is 8. The molecule has 4 aromatic rings. The average Bonchev–Trinajstić information content (AvgIpc) is 2.92. The van der Waals surface area contributed by atoms with Crippen molar-refractivity contribution in [3.8, 4) is 11.4 Å². The van der Waals surface area contributed by atoms with Crippen molar-refractivity contribution in [1.29, 1.82) is 0 Å². The molecule has 1 aliphatic heterocycles. The van der Waals surface area contributed by atoms with Crippen LogP contribution in [0.2, 0.25) is 0 Å². The fourth-order valence-corrected chi connectivity index (χ4v) is 4.14. The molecule has 0 unspecified atom stereocenters. The predicted octanol–water partition coefficient (Wildman–Crippen LogP) is 3.09. The molecule has 184 valence electrons. The molecule has 0 radical (unpaired) electrons. The van der Waals surface area contributed by atoms with E-state index in [9.17, 15) is 4.79 Å². The van der Waals surface area contributed by atoms with Crippen LogP contribution in [0.3, 0.4) is 0 Å². The molecule has 1 aromatic heterocycles. The van der Waals surface area contributed by atoms with Crippen molar-refractivity contribution >= 4 is 28.6 Å². The van der Waals surface area contributed by atoms with Crippen LogP contribution in [0.25, 0.3) is 22.2 Å². The molecule has 0 spiro atoms. The zero-order valence-corrected chi connectivity index (χ0v) is 19.8. The minimum Gasteiger partial charge on any atom is -0.480 e. The Labute approximate surface area is 209 Å². The van der Waals surface area contributed by atoms with Gasteiger partial charge in [-0.15, -0.1) is 0 Å². The number of hydrogen-bond acceptors (Lipinski definition) is 8. The average molecular weight is 485 g/mol. The fraction of sp³-hybridized carbons (Fsp3) is 0.259. The zero-order chi connectivity index (χ0) is 24.9. The Bertz CT molecular complexity index is 1360. The topological polar surface area (TPSA) is 126 Å². The first-order chi connectivity index (χ1) is 17.5. The molecule has 2 heterocycles. The SMILES string of the molecule is N[C@@H](Cc1ccc(-c2nc(NCc3ccc4ccccc4c3)nc(N3CCOCC3)n2)cc1)C(=O)O. The largest absolute Gasteiger partial charge is 0.480 e. The number of carboxylic acid groups (broad SMARTS) is 1. The van der Waals surface area contributed by atoms with Gasteiger partial charge in [0.1, 0.15) is 6.04 Å². The quantitative estimate of drug-likeness (QED) is 0.346. The van der Waals surface area contributed by atoms with E-state index in [4.69, 9.17) is 25.5 Å². The van der Waals surface area contributed by atoms with Crippen LogP contribution < -0.4 is 16.0 Å². The molecule has 0 saturated carbocycles. The number of ether oxygens (including phenoxy) is 1. The van der Waals surface area contributed by atoms with E-state index in [0.717, 1.165) is 16.7 Å². The number of hydrogen-bond donors (Lipinski definition) is 3. The molecule has 4 N–H and O–H groups in total. The summed E-state index contributed by atoms with van der Waals surface area (Å²) in [6, 6.07) is 21.2. The van der Waals surface area contributed by atoms with Gasteiger partial charge < -0.3 is 25.8 Å². The first kappa shape index (κ1) is 23.7.